The highest BCUT2D eigenvalue weighted by Crippen LogP contribution is 2.64. The van der Waals surface area contributed by atoms with Gasteiger partial charge in [0.2, 0.25) is 12.4 Å². The number of Topliss-reactive ketones (excluding diaryl/α,β-unsaturated/α-hetero) is 1. The number of carbonyl (C=O) groups is 9. The van der Waals surface area contributed by atoms with Gasteiger partial charge in [0.25, 0.3) is 0 Å². The predicted octanol–water partition coefficient (Wildman–Crippen LogP) is 3.35. The Morgan fingerprint density at radius 1 is 0.832 bits per heavy atom. The fourth-order valence-corrected chi connectivity index (χ4v) is 13.0. The smallest absolute Gasteiger partial charge is 0.410 e. The summed E-state index contributed by atoms with van der Waals surface area (Å²) in [5, 5.41) is 81.2. The van der Waals surface area contributed by atoms with Crippen LogP contribution >= 0.6 is 0 Å². The van der Waals surface area contributed by atoms with Crippen LogP contribution in [0.15, 0.2) is 90.0 Å². The van der Waals surface area contributed by atoms with Gasteiger partial charge in [0.15, 0.2) is 29.3 Å². The topological polar surface area (TPSA) is 429 Å². The van der Waals surface area contributed by atoms with Gasteiger partial charge in [-0.25, -0.2) is 28.8 Å². The van der Waals surface area contributed by atoms with E-state index < -0.39 is 197 Å². The summed E-state index contributed by atoms with van der Waals surface area (Å²) < 4.78 is 58.3. The number of nitrogens with one attached hydrogen (secondary N) is 1. The normalized spacial score (nSPS) is 29.6. The van der Waals surface area contributed by atoms with Gasteiger partial charge in [-0.05, 0) is 75.1 Å². The van der Waals surface area contributed by atoms with Crippen LogP contribution in [-0.2, 0) is 73.2 Å². The Balaban J connectivity index is 1.11. The second-order valence-corrected chi connectivity index (χ2v) is 25.8. The van der Waals surface area contributed by atoms with E-state index in [1.807, 2.05) is 0 Å². The number of esters is 4. The second-order valence-electron chi connectivity index (χ2n) is 25.8. The van der Waals surface area contributed by atoms with Crippen LogP contribution in [0, 0.1) is 26.9 Å². The molecule has 0 spiro atoms. The van der Waals surface area contributed by atoms with E-state index in [9.17, 15) is 74.3 Å². The molecular weight excluding hydrogens is 1260 g/mol. The fourth-order valence-electron chi connectivity index (χ4n) is 13.0. The summed E-state index contributed by atoms with van der Waals surface area (Å²) in [7, 11) is 2.50. The zero-order chi connectivity index (χ0) is 70.2. The largest absolute Gasteiger partial charge is 0.479 e. The van der Waals surface area contributed by atoms with E-state index in [1.54, 1.807) is 57.2 Å². The summed E-state index contributed by atoms with van der Waals surface area (Å²) in [6, 6.07) is 16.8. The molecule has 8 rings (SSSR count). The standard InChI is InChI=1S/C64H78N4O27/c1-31-39(28-64(83)52(93-54(78)36-20-16-13-17-21-36)50-62(9,40(71)27-41-63(50,30-87-41)94-33(3)70)51(75)47(88-32(2)69)42(31)61(64,7)8)89-55(79)48(43(35-18-14-12-15-19-35)65-57(80)95-60(4,5)6)92-59(82)67(11)25-24-66(10)58(81)86-29-34-22-23-38(37(26-34)68(84)85)90-56-46(74)44(72)45(73)49(91-56)53(76)77/h12-23,26,39-41,43-50,52,56,71-74,83H,24-25,27-30H2,1-11H3,(H,65,80)(H,76,77)/t39-,40-,41+,43-,44-,45-,46+,47+,48+,49-,50-,52-,56+,62+,63-,64+/m0/s1. The first-order chi connectivity index (χ1) is 44.4. The zero-order valence-corrected chi connectivity index (χ0v) is 53.9. The average molecular weight is 1340 g/mol. The monoisotopic (exact) mass is 1330 g/mol. The quantitative estimate of drug-likeness (QED) is 0.0297. The molecule has 2 saturated carbocycles. The van der Waals surface area contributed by atoms with Crippen LogP contribution in [0.4, 0.5) is 20.1 Å². The number of aliphatic carboxylic acids is 1. The zero-order valence-electron chi connectivity index (χ0n) is 53.9. The highest BCUT2D eigenvalue weighted by Gasteiger charge is 2.78. The van der Waals surface area contributed by atoms with Crippen molar-refractivity contribution in [2.45, 2.75) is 172 Å². The predicted molar refractivity (Wildman–Crippen MR) is 321 cm³/mol. The van der Waals surface area contributed by atoms with Crippen molar-refractivity contribution in [1.82, 2.24) is 15.1 Å². The number of nitro benzene ring substituents is 1. The van der Waals surface area contributed by atoms with Crippen molar-refractivity contribution >= 4 is 59.6 Å². The molecule has 2 heterocycles. The van der Waals surface area contributed by atoms with Crippen LogP contribution in [0.3, 0.4) is 0 Å². The second kappa shape index (κ2) is 27.8. The molecule has 3 aliphatic carbocycles. The number of hydrogen-bond acceptors (Lipinski definition) is 26. The van der Waals surface area contributed by atoms with Crippen LogP contribution in [0.1, 0.15) is 103 Å². The lowest BCUT2D eigenvalue weighted by molar-refractivity contribution is -0.387. The Morgan fingerprint density at radius 2 is 1.45 bits per heavy atom. The van der Waals surface area contributed by atoms with Crippen molar-refractivity contribution in [3.63, 3.8) is 0 Å². The lowest BCUT2D eigenvalue weighted by Crippen LogP contribution is -2.82. The van der Waals surface area contributed by atoms with Crippen molar-refractivity contribution in [1.29, 1.82) is 0 Å². The van der Waals surface area contributed by atoms with Gasteiger partial charge < -0.3 is 93.1 Å². The molecular formula is C64H78N4O27. The maximum absolute atomic E-state index is 15.9. The number of aliphatic hydroxyl groups excluding tert-OH is 4. The molecule has 3 aromatic carbocycles. The minimum atomic E-state index is -2.60. The van der Waals surface area contributed by atoms with Crippen LogP contribution in [0.2, 0.25) is 0 Å². The Labute approximate surface area is 544 Å². The number of carboxylic acid groups (broad SMARTS) is 1. The molecule has 95 heavy (non-hydrogen) atoms. The molecule has 516 valence electrons. The molecule has 2 bridgehead atoms. The number of likely N-dealkylation sites (N-methyl/N-ethyl adjacent to an activating group) is 2. The number of carboxylic acids is 1. The van der Waals surface area contributed by atoms with Crippen molar-refractivity contribution < 1.29 is 126 Å². The minimum absolute atomic E-state index is 0.0110. The first-order valence-corrected chi connectivity index (χ1v) is 30.2. The highest BCUT2D eigenvalue weighted by molar-refractivity contribution is 5.96. The van der Waals surface area contributed by atoms with E-state index in [1.165, 1.54) is 72.1 Å². The van der Waals surface area contributed by atoms with Crippen molar-refractivity contribution in [3.8, 4) is 5.75 Å². The maximum Gasteiger partial charge on any atom is 0.410 e. The Kier molecular flexibility index (Phi) is 21.1. The summed E-state index contributed by atoms with van der Waals surface area (Å²) in [5.41, 5.74) is -10.4. The number of nitrogens with zero attached hydrogens (tertiary/aromatic N) is 3. The highest BCUT2D eigenvalue weighted by atomic mass is 16.7. The number of ether oxygens (including phenoxy) is 10. The van der Waals surface area contributed by atoms with E-state index in [0.717, 1.165) is 35.8 Å². The van der Waals surface area contributed by atoms with Crippen LogP contribution < -0.4 is 10.1 Å². The number of rotatable bonds is 19. The van der Waals surface area contributed by atoms with Crippen molar-refractivity contribution in [2.24, 2.45) is 16.7 Å². The molecule has 2 saturated heterocycles. The number of benzene rings is 3. The Morgan fingerprint density at radius 3 is 2.02 bits per heavy atom. The summed E-state index contributed by atoms with van der Waals surface area (Å²) in [6.45, 7) is 10.9. The number of carbonyl (C=O) groups excluding carboxylic acids is 8. The summed E-state index contributed by atoms with van der Waals surface area (Å²) in [5.74, 6) is -9.27. The van der Waals surface area contributed by atoms with Gasteiger partial charge in [0.05, 0.1) is 34.5 Å². The third-order valence-electron chi connectivity index (χ3n) is 18.1. The lowest BCUT2D eigenvalue weighted by atomic mass is 9.44. The van der Waals surface area contributed by atoms with Gasteiger partial charge in [0, 0.05) is 65.4 Å². The molecule has 4 fully saturated rings. The summed E-state index contributed by atoms with van der Waals surface area (Å²) >= 11 is 0. The number of ketones is 1. The average Bonchev–Trinajstić information content (AvgIpc) is 0.670. The number of hydrogen-bond donors (Lipinski definition) is 7. The molecule has 0 radical (unpaired) electrons. The van der Waals surface area contributed by atoms with Gasteiger partial charge in [-0.2, -0.15) is 0 Å². The number of amides is 3. The molecule has 31 heteroatoms. The lowest BCUT2D eigenvalue weighted by Gasteiger charge is -2.67. The third-order valence-corrected chi connectivity index (χ3v) is 18.1. The first-order valence-electron chi connectivity index (χ1n) is 30.2. The third kappa shape index (κ3) is 14.4. The number of alkyl carbamates (subject to hydrolysis) is 1. The maximum atomic E-state index is 15.9. The van der Waals surface area contributed by atoms with Gasteiger partial charge in [0.1, 0.15) is 60.5 Å². The molecule has 31 nitrogen and oxygen atoms in total. The van der Waals surface area contributed by atoms with E-state index in [0.29, 0.717) is 0 Å². The number of nitro groups is 1. The van der Waals surface area contributed by atoms with Gasteiger partial charge >= 0.3 is 53.8 Å². The van der Waals surface area contributed by atoms with Crippen molar-refractivity contribution in [2.75, 3.05) is 33.8 Å². The number of aliphatic hydroxyl groups is 5. The Bertz CT molecular complexity index is 3490. The summed E-state index contributed by atoms with van der Waals surface area (Å²) in [4.78, 5) is 139. The van der Waals surface area contributed by atoms with Crippen LogP contribution in [0.5, 0.6) is 5.75 Å². The van der Waals surface area contributed by atoms with E-state index >= 15 is 9.59 Å². The van der Waals surface area contributed by atoms with Crippen LogP contribution in [0.25, 0.3) is 0 Å². The molecule has 3 amide bonds. The molecule has 16 atom stereocenters. The van der Waals surface area contributed by atoms with Gasteiger partial charge in [-0.15, -0.1) is 0 Å². The van der Waals surface area contributed by atoms with Crippen molar-refractivity contribution in [3.05, 3.63) is 117 Å². The molecule has 0 aromatic heterocycles. The van der Waals surface area contributed by atoms with E-state index in [4.69, 9.17) is 47.4 Å². The first kappa shape index (κ1) is 72.0. The fraction of sp³-hybridized carbons (Fsp3) is 0.547. The van der Waals surface area contributed by atoms with Crippen LogP contribution in [-0.4, -0.2) is 217 Å². The number of fused-ring (bicyclic) bond motifs is 5. The summed E-state index contributed by atoms with van der Waals surface area (Å²) in [6.07, 6.45) is -25.4. The molecule has 5 aliphatic rings. The molecule has 2 aliphatic heterocycles. The van der Waals surface area contributed by atoms with E-state index in [2.05, 4.69) is 5.32 Å². The Hall–Kier alpha value is -8.85. The van der Waals surface area contributed by atoms with E-state index in [-0.39, 0.29) is 47.3 Å². The molecule has 7 N–H and O–H groups in total. The molecule has 0 unspecified atom stereocenters. The van der Waals surface area contributed by atoms with Gasteiger partial charge in [-0.3, -0.25) is 24.5 Å². The molecule has 3 aromatic rings. The van der Waals surface area contributed by atoms with Gasteiger partial charge in [-0.1, -0.05) is 68.4 Å². The SMILES string of the molecule is CC(=O)O[C@H]1C(=O)[C@@]2(C)[C@H]([C@H](OC(=O)c3ccccc3)[C@]3(O)C[C@H](OC(=O)[C@H](OC(=O)N(C)CCN(C)C(=O)OCc4ccc(O[C@@H]5O[C@H](C(=O)O)[C@@H](O)[C@H](O)[C@H]5O)c([N+](=O)[O-])c4)[C@@H](NC(=O)OC(C)(C)C)c4ccccc4)C(C)=C1C3(C)C)[C@]1(OC(C)=O)CO[C@@H]1C[C@@H]2O. The minimum Gasteiger partial charge on any atom is -0.479 e.